The molecule has 0 spiro atoms. The predicted molar refractivity (Wildman–Crippen MR) is 190 cm³/mol. The molecule has 2 N–H and O–H groups in total. The molecule has 9 heteroatoms. The topological polar surface area (TPSA) is 114 Å². The van der Waals surface area contributed by atoms with Crippen LogP contribution < -0.4 is 10.6 Å². The number of alkyl carbamates (subject to hydrolysis) is 1. The van der Waals surface area contributed by atoms with Crippen molar-refractivity contribution >= 4 is 23.9 Å². The first-order chi connectivity index (χ1) is 23.4. The Bertz CT molecular complexity index is 1620. The van der Waals surface area contributed by atoms with Gasteiger partial charge < -0.3 is 25.0 Å². The van der Waals surface area contributed by atoms with Crippen LogP contribution in [-0.2, 0) is 30.4 Å². The lowest BCUT2D eigenvalue weighted by molar-refractivity contribution is -0.160. The van der Waals surface area contributed by atoms with Crippen molar-refractivity contribution in [1.29, 1.82) is 0 Å². The molecular formula is C40H47N3O6. The van der Waals surface area contributed by atoms with E-state index in [1.807, 2.05) is 66.7 Å². The normalized spacial score (nSPS) is 13.9. The van der Waals surface area contributed by atoms with Gasteiger partial charge in [0, 0.05) is 12.5 Å². The highest BCUT2D eigenvalue weighted by molar-refractivity contribution is 5.94. The second-order valence-electron chi connectivity index (χ2n) is 13.3. The van der Waals surface area contributed by atoms with Gasteiger partial charge in [-0.2, -0.15) is 0 Å². The average molecular weight is 666 g/mol. The third-order valence-electron chi connectivity index (χ3n) is 8.53. The summed E-state index contributed by atoms with van der Waals surface area (Å²) in [7, 11) is 0. The van der Waals surface area contributed by atoms with Crippen LogP contribution in [0.4, 0.5) is 4.79 Å². The molecule has 1 aliphatic carbocycles. The fourth-order valence-corrected chi connectivity index (χ4v) is 6.02. The summed E-state index contributed by atoms with van der Waals surface area (Å²) in [5.74, 6) is -1.79. The summed E-state index contributed by atoms with van der Waals surface area (Å²) in [6.45, 7) is 14.2. The van der Waals surface area contributed by atoms with Crippen molar-refractivity contribution in [3.8, 4) is 11.1 Å². The zero-order chi connectivity index (χ0) is 35.6. The molecule has 0 aromatic heterocycles. The lowest BCUT2D eigenvalue weighted by Gasteiger charge is -2.41. The van der Waals surface area contributed by atoms with E-state index in [9.17, 15) is 19.2 Å². The SMILES string of the molecule is C=CCCC(C)(C(=O)NC(CC=C)C(=O)OC(C)(C)C)N(Cc1ccccc1)C(=O)CNC(=O)OCC1c2ccccc2-c2ccccc21. The van der Waals surface area contributed by atoms with E-state index in [4.69, 9.17) is 9.47 Å². The van der Waals surface area contributed by atoms with Crippen LogP contribution in [0.15, 0.2) is 104 Å². The van der Waals surface area contributed by atoms with E-state index in [2.05, 4.69) is 35.9 Å². The summed E-state index contributed by atoms with van der Waals surface area (Å²) in [5, 5.41) is 5.42. The van der Waals surface area contributed by atoms with E-state index < -0.39 is 47.6 Å². The Morgan fingerprint density at radius 2 is 1.45 bits per heavy atom. The quantitative estimate of drug-likeness (QED) is 0.138. The summed E-state index contributed by atoms with van der Waals surface area (Å²) < 4.78 is 11.2. The summed E-state index contributed by atoms with van der Waals surface area (Å²) >= 11 is 0. The number of nitrogens with one attached hydrogen (secondary N) is 2. The molecule has 49 heavy (non-hydrogen) atoms. The molecule has 2 unspecified atom stereocenters. The number of rotatable bonds is 15. The van der Waals surface area contributed by atoms with Gasteiger partial charge in [0.15, 0.2) is 0 Å². The third-order valence-corrected chi connectivity index (χ3v) is 8.53. The van der Waals surface area contributed by atoms with Gasteiger partial charge >= 0.3 is 12.1 Å². The van der Waals surface area contributed by atoms with Gasteiger partial charge in [0.2, 0.25) is 11.8 Å². The summed E-state index contributed by atoms with van der Waals surface area (Å²) in [6.07, 6.45) is 3.20. The maximum Gasteiger partial charge on any atom is 0.407 e. The van der Waals surface area contributed by atoms with Gasteiger partial charge in [0.1, 0.15) is 30.3 Å². The fourth-order valence-electron chi connectivity index (χ4n) is 6.02. The largest absolute Gasteiger partial charge is 0.458 e. The molecule has 3 amide bonds. The molecule has 2 atom stereocenters. The molecule has 1 aliphatic rings. The van der Waals surface area contributed by atoms with Crippen molar-refractivity contribution in [3.63, 3.8) is 0 Å². The average Bonchev–Trinajstić information content (AvgIpc) is 3.40. The summed E-state index contributed by atoms with van der Waals surface area (Å²) in [4.78, 5) is 55.7. The molecule has 0 heterocycles. The molecule has 0 radical (unpaired) electrons. The van der Waals surface area contributed by atoms with Gasteiger partial charge in [-0.15, -0.1) is 13.2 Å². The standard InChI is InChI=1S/C40H47N3O6/c1-7-9-24-40(6,37(46)42-34(17-8-2)36(45)49-39(3,4)5)43(26-28-18-11-10-12-19-28)35(44)25-41-38(47)48-27-33-31-22-15-13-20-29(31)30-21-14-16-23-32(30)33/h7-8,10-16,18-23,33-34H,1-2,9,17,24-27H2,3-6H3,(H,41,47)(H,42,46). The number of carbonyl (C=O) groups excluding carboxylic acids is 4. The number of carbonyl (C=O) groups is 4. The number of ether oxygens (including phenoxy) is 2. The number of allylic oxidation sites excluding steroid dienone is 1. The Kier molecular flexibility index (Phi) is 12.2. The number of fused-ring (bicyclic) bond motifs is 3. The summed E-state index contributed by atoms with van der Waals surface area (Å²) in [5.41, 5.74) is 2.94. The van der Waals surface area contributed by atoms with Crippen molar-refractivity contribution in [1.82, 2.24) is 15.5 Å². The van der Waals surface area contributed by atoms with Crippen LogP contribution >= 0.6 is 0 Å². The molecule has 0 bridgehead atoms. The van der Waals surface area contributed by atoms with Crippen molar-refractivity contribution in [2.75, 3.05) is 13.2 Å². The van der Waals surface area contributed by atoms with E-state index in [1.54, 1.807) is 33.8 Å². The van der Waals surface area contributed by atoms with Crippen LogP contribution in [0.25, 0.3) is 11.1 Å². The molecule has 9 nitrogen and oxygen atoms in total. The van der Waals surface area contributed by atoms with Crippen LogP contribution in [0, 0.1) is 0 Å². The smallest absolute Gasteiger partial charge is 0.407 e. The van der Waals surface area contributed by atoms with Gasteiger partial charge in [-0.1, -0.05) is 91.0 Å². The summed E-state index contributed by atoms with van der Waals surface area (Å²) in [6, 6.07) is 24.3. The minimum Gasteiger partial charge on any atom is -0.458 e. The molecule has 4 rings (SSSR count). The molecule has 0 aliphatic heterocycles. The second kappa shape index (κ2) is 16.3. The van der Waals surface area contributed by atoms with E-state index in [0.717, 1.165) is 27.8 Å². The molecule has 0 saturated carbocycles. The van der Waals surface area contributed by atoms with Gasteiger partial charge in [-0.05, 0) is 74.8 Å². The van der Waals surface area contributed by atoms with Gasteiger partial charge in [-0.25, -0.2) is 9.59 Å². The number of benzene rings is 3. The van der Waals surface area contributed by atoms with E-state index >= 15 is 0 Å². The molecule has 3 aromatic carbocycles. The zero-order valence-electron chi connectivity index (χ0n) is 28.9. The molecular weight excluding hydrogens is 618 g/mol. The highest BCUT2D eigenvalue weighted by atomic mass is 16.6. The molecule has 3 aromatic rings. The molecule has 0 saturated heterocycles. The van der Waals surface area contributed by atoms with Crippen molar-refractivity contribution < 1.29 is 28.7 Å². The van der Waals surface area contributed by atoms with Crippen LogP contribution in [-0.4, -0.2) is 59.1 Å². The number of nitrogens with zero attached hydrogens (tertiary/aromatic N) is 1. The molecule has 258 valence electrons. The Morgan fingerprint density at radius 1 is 0.857 bits per heavy atom. The number of amides is 3. The first-order valence-corrected chi connectivity index (χ1v) is 16.6. The fraction of sp³-hybridized carbons (Fsp3) is 0.350. The lowest BCUT2D eigenvalue weighted by Crippen LogP contribution is -2.62. The van der Waals surface area contributed by atoms with E-state index in [-0.39, 0.29) is 31.9 Å². The van der Waals surface area contributed by atoms with Crippen molar-refractivity contribution in [2.24, 2.45) is 0 Å². The Labute approximate surface area is 289 Å². The third kappa shape index (κ3) is 9.25. The van der Waals surface area contributed by atoms with Gasteiger partial charge in [0.25, 0.3) is 0 Å². The van der Waals surface area contributed by atoms with Gasteiger partial charge in [-0.3, -0.25) is 9.59 Å². The maximum absolute atomic E-state index is 14.2. The zero-order valence-corrected chi connectivity index (χ0v) is 28.9. The monoisotopic (exact) mass is 665 g/mol. The lowest BCUT2D eigenvalue weighted by atomic mass is 9.90. The Balaban J connectivity index is 1.52. The predicted octanol–water partition coefficient (Wildman–Crippen LogP) is 6.68. The Hall–Kier alpha value is -5.18. The van der Waals surface area contributed by atoms with Crippen molar-refractivity contribution in [2.45, 2.75) is 76.6 Å². The van der Waals surface area contributed by atoms with E-state index in [0.29, 0.717) is 6.42 Å². The molecule has 0 fully saturated rings. The van der Waals surface area contributed by atoms with Crippen molar-refractivity contribution in [3.05, 3.63) is 121 Å². The number of esters is 1. The van der Waals surface area contributed by atoms with Crippen LogP contribution in [0.5, 0.6) is 0 Å². The first-order valence-electron chi connectivity index (χ1n) is 16.6. The van der Waals surface area contributed by atoms with Crippen LogP contribution in [0.1, 0.15) is 69.6 Å². The maximum atomic E-state index is 14.2. The van der Waals surface area contributed by atoms with Gasteiger partial charge in [0.05, 0.1) is 0 Å². The van der Waals surface area contributed by atoms with E-state index in [1.165, 1.54) is 11.0 Å². The minimum absolute atomic E-state index is 0.0751. The second-order valence-corrected chi connectivity index (χ2v) is 13.3. The minimum atomic E-state index is -1.44. The number of hydrogen-bond acceptors (Lipinski definition) is 6. The Morgan fingerprint density at radius 3 is 2.02 bits per heavy atom. The first kappa shape index (κ1) is 36.7. The van der Waals surface area contributed by atoms with Crippen LogP contribution in [0.2, 0.25) is 0 Å². The highest BCUT2D eigenvalue weighted by Crippen LogP contribution is 2.44. The number of hydrogen-bond donors (Lipinski definition) is 2. The van der Waals surface area contributed by atoms with Crippen LogP contribution in [0.3, 0.4) is 0 Å². The highest BCUT2D eigenvalue weighted by Gasteiger charge is 2.43.